The molecule has 0 aliphatic carbocycles. The number of aromatic nitrogens is 1. The number of non-ortho nitro benzene ring substituents is 1. The number of halogens is 1. The van der Waals surface area contributed by atoms with Crippen LogP contribution in [-0.2, 0) is 14.3 Å². The van der Waals surface area contributed by atoms with E-state index in [9.17, 15) is 34.0 Å². The molecule has 0 spiro atoms. The Bertz CT molecular complexity index is 1430. The van der Waals surface area contributed by atoms with E-state index in [1.165, 1.54) is 43.3 Å². The first-order valence-corrected chi connectivity index (χ1v) is 11.4. The van der Waals surface area contributed by atoms with Crippen molar-refractivity contribution < 1.29 is 33.5 Å². The number of esters is 1. The first kappa shape index (κ1) is 24.7. The second-order valence-corrected chi connectivity index (χ2v) is 8.64. The number of anilines is 1. The third-order valence-electron chi connectivity index (χ3n) is 5.41. The Labute approximate surface area is 207 Å². The highest BCUT2D eigenvalue weighted by Gasteiger charge is 2.48. The van der Waals surface area contributed by atoms with Crippen LogP contribution >= 0.6 is 11.3 Å². The van der Waals surface area contributed by atoms with Crippen LogP contribution in [0.5, 0.6) is 0 Å². The predicted molar refractivity (Wildman–Crippen MR) is 127 cm³/mol. The van der Waals surface area contributed by atoms with Gasteiger partial charge in [-0.25, -0.2) is 14.2 Å². The summed E-state index contributed by atoms with van der Waals surface area (Å²) in [5.41, 5.74) is -0.198. The van der Waals surface area contributed by atoms with Crippen LogP contribution in [0, 0.1) is 22.9 Å². The summed E-state index contributed by atoms with van der Waals surface area (Å²) in [5, 5.41) is 22.4. The topological polar surface area (TPSA) is 140 Å². The molecule has 4 rings (SSSR count). The van der Waals surface area contributed by atoms with Crippen LogP contribution in [0.3, 0.4) is 0 Å². The van der Waals surface area contributed by atoms with Gasteiger partial charge in [0.1, 0.15) is 16.5 Å². The lowest BCUT2D eigenvalue weighted by molar-refractivity contribution is -0.384. The number of nitro benzene ring substituents is 1. The summed E-state index contributed by atoms with van der Waals surface area (Å²) < 4.78 is 18.5. The van der Waals surface area contributed by atoms with Gasteiger partial charge in [-0.3, -0.25) is 24.6 Å². The molecule has 0 saturated carbocycles. The van der Waals surface area contributed by atoms with Crippen LogP contribution in [0.1, 0.15) is 39.5 Å². The number of ether oxygens (including phenoxy) is 1. The van der Waals surface area contributed by atoms with Gasteiger partial charge in [0, 0.05) is 17.7 Å². The molecule has 10 nitrogen and oxygen atoms in total. The summed E-state index contributed by atoms with van der Waals surface area (Å²) in [5.74, 6) is -3.95. The molecule has 2 heterocycles. The van der Waals surface area contributed by atoms with Crippen LogP contribution in [0.4, 0.5) is 15.2 Å². The second-order valence-electron chi connectivity index (χ2n) is 7.66. The Balaban J connectivity index is 1.94. The average molecular weight is 511 g/mol. The van der Waals surface area contributed by atoms with Gasteiger partial charge < -0.3 is 9.84 Å². The maximum Gasteiger partial charge on any atom is 0.350 e. The van der Waals surface area contributed by atoms with Crippen LogP contribution in [0.2, 0.25) is 0 Å². The Morgan fingerprint density at radius 2 is 1.94 bits per heavy atom. The fourth-order valence-electron chi connectivity index (χ4n) is 3.79. The zero-order valence-electron chi connectivity index (χ0n) is 18.9. The number of carbonyl (C=O) groups excluding carboxylic acids is 3. The highest BCUT2D eigenvalue weighted by Crippen LogP contribution is 2.44. The Morgan fingerprint density at radius 3 is 2.58 bits per heavy atom. The van der Waals surface area contributed by atoms with Crippen LogP contribution in [-0.4, -0.2) is 39.3 Å². The fraction of sp³-hybridized carbons (Fsp3) is 0.167. The number of thiazole rings is 1. The number of aryl methyl sites for hydroxylation is 1. The van der Waals surface area contributed by atoms with Gasteiger partial charge >= 0.3 is 11.9 Å². The highest BCUT2D eigenvalue weighted by atomic mass is 32.1. The predicted octanol–water partition coefficient (Wildman–Crippen LogP) is 4.30. The molecule has 2 aromatic carbocycles. The van der Waals surface area contributed by atoms with E-state index in [0.29, 0.717) is 0 Å². The molecule has 36 heavy (non-hydrogen) atoms. The van der Waals surface area contributed by atoms with Crippen molar-refractivity contribution in [1.82, 2.24) is 4.98 Å². The molecule has 3 aromatic rings. The summed E-state index contributed by atoms with van der Waals surface area (Å²) in [6.45, 7) is 3.27. The van der Waals surface area contributed by atoms with Gasteiger partial charge in [-0.05, 0) is 43.7 Å². The number of amides is 1. The van der Waals surface area contributed by atoms with E-state index in [0.717, 1.165) is 28.4 Å². The van der Waals surface area contributed by atoms with Crippen molar-refractivity contribution in [3.8, 4) is 0 Å². The summed E-state index contributed by atoms with van der Waals surface area (Å²) >= 11 is 0.811. The lowest BCUT2D eigenvalue weighted by Crippen LogP contribution is -2.29. The van der Waals surface area contributed by atoms with Crippen molar-refractivity contribution in [2.24, 2.45) is 0 Å². The molecule has 0 radical (unpaired) electrons. The van der Waals surface area contributed by atoms with Crippen molar-refractivity contribution in [2.45, 2.75) is 19.9 Å². The molecule has 1 amide bonds. The smallest absolute Gasteiger partial charge is 0.350 e. The molecule has 12 heteroatoms. The SMILES string of the molecule is CCOC(=O)c1sc(N2C(=O)C(=O)/C(=C(/O)c3ccc(F)cc3)C2c2cccc([N+](=O)[O-])c2)nc1C. The van der Waals surface area contributed by atoms with E-state index in [1.54, 1.807) is 6.92 Å². The molecule has 1 unspecified atom stereocenters. The zero-order valence-corrected chi connectivity index (χ0v) is 19.7. The van der Waals surface area contributed by atoms with E-state index in [-0.39, 0.29) is 44.7 Å². The maximum atomic E-state index is 13.4. The fourth-order valence-corrected chi connectivity index (χ4v) is 4.78. The minimum Gasteiger partial charge on any atom is -0.507 e. The van der Waals surface area contributed by atoms with Gasteiger partial charge in [0.25, 0.3) is 11.5 Å². The number of hydrogen-bond acceptors (Lipinski definition) is 9. The average Bonchev–Trinajstić information content (AvgIpc) is 3.36. The van der Waals surface area contributed by atoms with Crippen molar-refractivity contribution >= 4 is 45.6 Å². The Kier molecular flexibility index (Phi) is 6.62. The summed E-state index contributed by atoms with van der Waals surface area (Å²) in [4.78, 5) is 54.8. The van der Waals surface area contributed by atoms with E-state index in [4.69, 9.17) is 4.74 Å². The zero-order chi connectivity index (χ0) is 26.1. The first-order chi connectivity index (χ1) is 17.1. The number of Topliss-reactive ketones (excluding diaryl/α,β-unsaturated/α-hetero) is 1. The third-order valence-corrected chi connectivity index (χ3v) is 6.55. The Morgan fingerprint density at radius 1 is 1.25 bits per heavy atom. The van der Waals surface area contributed by atoms with Gasteiger partial charge in [0.15, 0.2) is 5.13 Å². The first-order valence-electron chi connectivity index (χ1n) is 10.6. The monoisotopic (exact) mass is 511 g/mol. The maximum absolute atomic E-state index is 13.4. The molecular weight excluding hydrogens is 493 g/mol. The van der Waals surface area contributed by atoms with Crippen molar-refractivity contribution in [3.05, 3.63) is 91.7 Å². The molecule has 1 fully saturated rings. The van der Waals surface area contributed by atoms with E-state index in [2.05, 4.69) is 4.98 Å². The number of rotatable bonds is 6. The van der Waals surface area contributed by atoms with Gasteiger partial charge in [0.05, 0.1) is 28.8 Å². The van der Waals surface area contributed by atoms with Gasteiger partial charge in [-0.2, -0.15) is 0 Å². The van der Waals surface area contributed by atoms with Crippen LogP contribution in [0.25, 0.3) is 5.76 Å². The highest BCUT2D eigenvalue weighted by molar-refractivity contribution is 7.17. The quantitative estimate of drug-likeness (QED) is 0.129. The molecule has 1 aliphatic heterocycles. The number of hydrogen-bond donors (Lipinski definition) is 1. The number of aliphatic hydroxyl groups is 1. The second kappa shape index (κ2) is 9.66. The normalized spacial score (nSPS) is 16.9. The van der Waals surface area contributed by atoms with Crippen LogP contribution in [0.15, 0.2) is 54.1 Å². The number of aliphatic hydroxyl groups excluding tert-OH is 1. The van der Waals surface area contributed by atoms with E-state index < -0.39 is 40.2 Å². The lowest BCUT2D eigenvalue weighted by atomic mass is 9.95. The van der Waals surface area contributed by atoms with Crippen molar-refractivity contribution in [3.63, 3.8) is 0 Å². The lowest BCUT2D eigenvalue weighted by Gasteiger charge is -2.22. The number of ketones is 1. The number of carbonyl (C=O) groups is 3. The molecule has 1 aromatic heterocycles. The molecule has 1 N–H and O–H groups in total. The largest absolute Gasteiger partial charge is 0.507 e. The number of benzene rings is 2. The molecule has 0 bridgehead atoms. The van der Waals surface area contributed by atoms with Crippen LogP contribution < -0.4 is 4.90 Å². The van der Waals surface area contributed by atoms with Gasteiger partial charge in [-0.15, -0.1) is 0 Å². The summed E-state index contributed by atoms with van der Waals surface area (Å²) in [6, 6.07) is 8.55. The molecular formula is C24H18FN3O7S. The standard InChI is InChI=1S/C24H18FN3O7S/c1-3-35-23(32)21-12(2)26-24(36-21)27-18(14-5-4-6-16(11-14)28(33)34)17(20(30)22(27)31)19(29)13-7-9-15(25)10-8-13/h4-11,18,29H,3H2,1-2H3/b19-17+. The summed E-state index contributed by atoms with van der Waals surface area (Å²) in [6.07, 6.45) is 0. The number of nitro groups is 1. The third kappa shape index (κ3) is 4.33. The minimum absolute atomic E-state index is 0.0349. The minimum atomic E-state index is -1.31. The molecule has 1 saturated heterocycles. The van der Waals surface area contributed by atoms with E-state index >= 15 is 0 Å². The van der Waals surface area contributed by atoms with Gasteiger partial charge in [-0.1, -0.05) is 23.5 Å². The number of nitrogens with zero attached hydrogens (tertiary/aromatic N) is 3. The molecule has 1 aliphatic rings. The van der Waals surface area contributed by atoms with Gasteiger partial charge in [0.2, 0.25) is 0 Å². The Hall–Kier alpha value is -4.45. The van der Waals surface area contributed by atoms with Crippen molar-refractivity contribution in [1.29, 1.82) is 0 Å². The van der Waals surface area contributed by atoms with Crippen molar-refractivity contribution in [2.75, 3.05) is 11.5 Å². The molecule has 184 valence electrons. The molecule has 1 atom stereocenters. The van der Waals surface area contributed by atoms with E-state index in [1.807, 2.05) is 0 Å². The summed E-state index contributed by atoms with van der Waals surface area (Å²) in [7, 11) is 0.